The van der Waals surface area contributed by atoms with Crippen molar-refractivity contribution in [1.29, 1.82) is 0 Å². The van der Waals surface area contributed by atoms with Gasteiger partial charge < -0.3 is 19.2 Å². The highest BCUT2D eigenvalue weighted by Crippen LogP contribution is 2.34. The third kappa shape index (κ3) is 6.66. The quantitative estimate of drug-likeness (QED) is 0.201. The third-order valence-corrected chi connectivity index (χ3v) is 8.24. The van der Waals surface area contributed by atoms with Crippen molar-refractivity contribution < 1.29 is 14.2 Å². The van der Waals surface area contributed by atoms with E-state index in [4.69, 9.17) is 42.4 Å². The summed E-state index contributed by atoms with van der Waals surface area (Å²) < 4.78 is 18.6. The van der Waals surface area contributed by atoms with Crippen molar-refractivity contribution in [2.45, 2.75) is 25.7 Å². The topological polar surface area (TPSA) is 62.9 Å². The number of halogens is 2. The fourth-order valence-corrected chi connectivity index (χ4v) is 5.65. The summed E-state index contributed by atoms with van der Waals surface area (Å²) in [6, 6.07) is 17.0. The van der Waals surface area contributed by atoms with Gasteiger partial charge in [-0.3, -0.25) is 9.80 Å². The fraction of sp³-hybridized carbons (Fsp3) is 0.387. The highest BCUT2D eigenvalue weighted by Gasteiger charge is 2.17. The molecule has 2 aliphatic rings. The Bertz CT molecular complexity index is 1450. The molecule has 3 aromatic carbocycles. The molecule has 40 heavy (non-hydrogen) atoms. The molecular formula is C31H34Cl2N4O3. The summed E-state index contributed by atoms with van der Waals surface area (Å²) in [5, 5.41) is 0.936. The van der Waals surface area contributed by atoms with Crippen molar-refractivity contribution in [2.24, 2.45) is 0 Å². The van der Waals surface area contributed by atoms with Crippen molar-refractivity contribution in [3.8, 4) is 34.4 Å². The van der Waals surface area contributed by atoms with Gasteiger partial charge in [0.1, 0.15) is 41.8 Å². The number of aromatic amines is 1. The summed E-state index contributed by atoms with van der Waals surface area (Å²) in [6.45, 7) is 7.71. The van der Waals surface area contributed by atoms with Gasteiger partial charge in [0.25, 0.3) is 0 Å². The zero-order valence-electron chi connectivity index (χ0n) is 22.5. The van der Waals surface area contributed by atoms with Crippen LogP contribution in [-0.2, 0) is 0 Å². The van der Waals surface area contributed by atoms with E-state index in [-0.39, 0.29) is 0 Å². The second kappa shape index (κ2) is 12.7. The Balaban J connectivity index is 1.23. The SMILES string of the molecule is Clc1ccc(Oc2cccc(-c3nc4c(OCCN5CCCC5)cc(OCCN5CCCC5)cc4[nH]3)c2)cc1Cl. The molecule has 2 fully saturated rings. The molecule has 0 spiro atoms. The number of aromatic nitrogens is 2. The van der Waals surface area contributed by atoms with E-state index in [0.717, 1.165) is 73.2 Å². The molecule has 2 saturated heterocycles. The van der Waals surface area contributed by atoms with Crippen molar-refractivity contribution in [3.05, 3.63) is 64.6 Å². The summed E-state index contributed by atoms with van der Waals surface area (Å²) in [6.07, 6.45) is 5.08. The van der Waals surface area contributed by atoms with Gasteiger partial charge in [0.2, 0.25) is 0 Å². The standard InChI is InChI=1S/C31H34Cl2N4O3/c32-26-9-8-24(19-27(26)33)40-23-7-5-6-22(18-23)31-34-28-20-25(38-16-14-36-10-1-2-11-36)21-29(30(28)35-31)39-17-15-37-12-3-4-13-37/h5-9,18-21H,1-4,10-17H2,(H,34,35). The van der Waals surface area contributed by atoms with E-state index in [2.05, 4.69) is 14.8 Å². The number of H-pyrrole nitrogens is 1. The van der Waals surface area contributed by atoms with E-state index in [9.17, 15) is 0 Å². The van der Waals surface area contributed by atoms with E-state index in [1.54, 1.807) is 18.2 Å². The number of nitrogens with zero attached hydrogens (tertiary/aromatic N) is 3. The van der Waals surface area contributed by atoms with Gasteiger partial charge in [0, 0.05) is 36.9 Å². The molecule has 2 aliphatic heterocycles. The lowest BCUT2D eigenvalue weighted by molar-refractivity contribution is 0.231. The highest BCUT2D eigenvalue weighted by molar-refractivity contribution is 6.42. The molecule has 0 aliphatic carbocycles. The first kappa shape index (κ1) is 27.2. The van der Waals surface area contributed by atoms with E-state index in [1.807, 2.05) is 36.4 Å². The number of rotatable bonds is 11. The number of hydrogen-bond acceptors (Lipinski definition) is 6. The maximum absolute atomic E-state index is 6.31. The largest absolute Gasteiger partial charge is 0.492 e. The first-order valence-corrected chi connectivity index (χ1v) is 14.8. The zero-order valence-corrected chi connectivity index (χ0v) is 24.0. The molecule has 4 aromatic rings. The van der Waals surface area contributed by atoms with Crippen LogP contribution in [-0.4, -0.2) is 72.3 Å². The first-order chi connectivity index (χ1) is 19.6. The lowest BCUT2D eigenvalue weighted by Gasteiger charge is -2.17. The Morgan fingerprint density at radius 2 is 1.43 bits per heavy atom. The molecule has 0 amide bonds. The van der Waals surface area contributed by atoms with Gasteiger partial charge in [0.15, 0.2) is 5.75 Å². The Morgan fingerprint density at radius 1 is 0.725 bits per heavy atom. The van der Waals surface area contributed by atoms with Gasteiger partial charge in [-0.15, -0.1) is 0 Å². The number of benzene rings is 3. The minimum absolute atomic E-state index is 0.448. The number of nitrogens with one attached hydrogen (secondary N) is 1. The van der Waals surface area contributed by atoms with Crippen LogP contribution in [0.15, 0.2) is 54.6 Å². The molecule has 0 unspecified atom stereocenters. The van der Waals surface area contributed by atoms with Crippen molar-refractivity contribution in [3.63, 3.8) is 0 Å². The molecular weight excluding hydrogens is 547 g/mol. The average Bonchev–Trinajstić information content (AvgIpc) is 3.74. The molecule has 3 heterocycles. The Labute approximate surface area is 244 Å². The van der Waals surface area contributed by atoms with Gasteiger partial charge in [-0.25, -0.2) is 4.98 Å². The van der Waals surface area contributed by atoms with Crippen LogP contribution in [0.2, 0.25) is 10.0 Å². The third-order valence-electron chi connectivity index (χ3n) is 7.50. The minimum Gasteiger partial charge on any atom is -0.492 e. The summed E-state index contributed by atoms with van der Waals surface area (Å²) in [5.41, 5.74) is 2.56. The summed E-state index contributed by atoms with van der Waals surface area (Å²) in [5.74, 6) is 3.53. The smallest absolute Gasteiger partial charge is 0.150 e. The zero-order chi connectivity index (χ0) is 27.3. The average molecular weight is 582 g/mol. The molecule has 6 rings (SSSR count). The second-order valence-electron chi connectivity index (χ2n) is 10.4. The predicted molar refractivity (Wildman–Crippen MR) is 160 cm³/mol. The molecule has 0 saturated carbocycles. The maximum atomic E-state index is 6.31. The van der Waals surface area contributed by atoms with Crippen molar-refractivity contribution in [2.75, 3.05) is 52.5 Å². The van der Waals surface area contributed by atoms with Gasteiger partial charge in [-0.05, 0) is 76.1 Å². The van der Waals surface area contributed by atoms with Crippen LogP contribution in [0.1, 0.15) is 25.7 Å². The van der Waals surface area contributed by atoms with Crippen LogP contribution in [0.3, 0.4) is 0 Å². The Morgan fingerprint density at radius 3 is 2.15 bits per heavy atom. The van der Waals surface area contributed by atoms with Crippen molar-refractivity contribution in [1.82, 2.24) is 19.8 Å². The molecule has 1 N–H and O–H groups in total. The van der Waals surface area contributed by atoms with E-state index < -0.39 is 0 Å². The monoisotopic (exact) mass is 580 g/mol. The number of likely N-dealkylation sites (tertiary alicyclic amines) is 2. The highest BCUT2D eigenvalue weighted by atomic mass is 35.5. The Kier molecular flexibility index (Phi) is 8.63. The summed E-state index contributed by atoms with van der Waals surface area (Å²) in [4.78, 5) is 13.3. The molecule has 9 heteroatoms. The number of hydrogen-bond donors (Lipinski definition) is 1. The van der Waals surface area contributed by atoms with Crippen LogP contribution in [0, 0.1) is 0 Å². The molecule has 0 atom stereocenters. The van der Waals surface area contributed by atoms with Gasteiger partial charge in [-0.2, -0.15) is 0 Å². The summed E-state index contributed by atoms with van der Waals surface area (Å²) in [7, 11) is 0. The Hall–Kier alpha value is -2.97. The van der Waals surface area contributed by atoms with Gasteiger partial charge >= 0.3 is 0 Å². The maximum Gasteiger partial charge on any atom is 0.150 e. The molecule has 0 radical (unpaired) electrons. The fourth-order valence-electron chi connectivity index (χ4n) is 5.36. The molecule has 0 bridgehead atoms. The normalized spacial score (nSPS) is 16.1. The lowest BCUT2D eigenvalue weighted by atomic mass is 10.2. The van der Waals surface area contributed by atoms with Gasteiger partial charge in [-0.1, -0.05) is 35.3 Å². The van der Waals surface area contributed by atoms with Gasteiger partial charge in [0.05, 0.1) is 15.6 Å². The molecule has 7 nitrogen and oxygen atoms in total. The molecule has 1 aromatic heterocycles. The van der Waals surface area contributed by atoms with Crippen LogP contribution in [0.4, 0.5) is 0 Å². The van der Waals surface area contributed by atoms with Crippen LogP contribution < -0.4 is 14.2 Å². The van der Waals surface area contributed by atoms with Crippen LogP contribution in [0.5, 0.6) is 23.0 Å². The number of fused-ring (bicyclic) bond motifs is 1. The van der Waals surface area contributed by atoms with Crippen LogP contribution >= 0.6 is 23.2 Å². The summed E-state index contributed by atoms with van der Waals surface area (Å²) >= 11 is 12.2. The van der Waals surface area contributed by atoms with E-state index in [0.29, 0.717) is 34.8 Å². The predicted octanol–water partition coefficient (Wildman–Crippen LogP) is 7.28. The van der Waals surface area contributed by atoms with E-state index >= 15 is 0 Å². The second-order valence-corrected chi connectivity index (χ2v) is 11.2. The van der Waals surface area contributed by atoms with Crippen molar-refractivity contribution >= 4 is 34.2 Å². The first-order valence-electron chi connectivity index (χ1n) is 14.1. The minimum atomic E-state index is 0.448. The van der Waals surface area contributed by atoms with E-state index in [1.165, 1.54) is 25.7 Å². The number of ether oxygens (including phenoxy) is 3. The number of imidazole rings is 1. The molecule has 210 valence electrons. The van der Waals surface area contributed by atoms with Crippen LogP contribution in [0.25, 0.3) is 22.4 Å². The lowest BCUT2D eigenvalue weighted by Crippen LogP contribution is -2.25.